The van der Waals surface area contributed by atoms with E-state index in [0.29, 0.717) is 6.04 Å². The van der Waals surface area contributed by atoms with E-state index in [-0.39, 0.29) is 12.6 Å². The Bertz CT molecular complexity index is 558. The molecular weight excluding hydrogens is 272 g/mol. The largest absolute Gasteiger partial charge is 0.395 e. The summed E-state index contributed by atoms with van der Waals surface area (Å²) >= 11 is 0. The normalized spacial score (nSPS) is 22.6. The molecule has 1 saturated heterocycles. The minimum atomic E-state index is 0.201. The average Bonchev–Trinajstić information content (AvgIpc) is 2.57. The summed E-state index contributed by atoms with van der Waals surface area (Å²) in [6, 6.07) is 21.8. The van der Waals surface area contributed by atoms with Gasteiger partial charge < -0.3 is 10.4 Å². The Hall–Kier alpha value is -1.68. The Morgan fingerprint density at radius 1 is 0.955 bits per heavy atom. The topological polar surface area (TPSA) is 35.5 Å². The molecule has 2 N–H and O–H groups in total. The van der Waals surface area contributed by atoms with Crippen molar-refractivity contribution in [2.24, 2.45) is 0 Å². The second-order valence-corrected chi connectivity index (χ2v) is 6.05. The Morgan fingerprint density at radius 2 is 1.59 bits per heavy atom. The monoisotopic (exact) mass is 296 g/mol. The number of piperazine rings is 1. The molecule has 1 aliphatic heterocycles. The Morgan fingerprint density at radius 3 is 2.23 bits per heavy atom. The first kappa shape index (κ1) is 15.2. The third-order valence-electron chi connectivity index (χ3n) is 4.38. The number of hydrogen-bond acceptors (Lipinski definition) is 3. The van der Waals surface area contributed by atoms with Gasteiger partial charge >= 0.3 is 0 Å². The van der Waals surface area contributed by atoms with Crippen molar-refractivity contribution in [1.82, 2.24) is 10.2 Å². The van der Waals surface area contributed by atoms with Gasteiger partial charge in [0.05, 0.1) is 6.61 Å². The standard InChI is InChI=1S/C19H24N2O/c22-15-19-12-20-18(11-16-7-3-1-4-8-16)14-21(19)13-17-9-5-2-6-10-17/h1-10,18-20,22H,11-15H2. The van der Waals surface area contributed by atoms with Crippen LogP contribution in [0.3, 0.4) is 0 Å². The predicted octanol–water partition coefficient (Wildman–Crippen LogP) is 2.06. The fourth-order valence-electron chi connectivity index (χ4n) is 3.16. The molecule has 3 rings (SSSR count). The number of aliphatic hydroxyl groups excluding tert-OH is 1. The van der Waals surface area contributed by atoms with Gasteiger partial charge in [-0.05, 0) is 17.5 Å². The molecule has 1 aliphatic rings. The van der Waals surface area contributed by atoms with Crippen LogP contribution >= 0.6 is 0 Å². The fourth-order valence-corrected chi connectivity index (χ4v) is 3.16. The zero-order valence-corrected chi connectivity index (χ0v) is 12.9. The summed E-state index contributed by atoms with van der Waals surface area (Å²) in [5, 5.41) is 13.2. The van der Waals surface area contributed by atoms with Crippen LogP contribution in [-0.4, -0.2) is 41.8 Å². The van der Waals surface area contributed by atoms with Crippen molar-refractivity contribution >= 4 is 0 Å². The summed E-state index contributed by atoms with van der Waals surface area (Å²) in [6.45, 7) is 2.92. The molecular formula is C19H24N2O. The molecule has 0 aliphatic carbocycles. The molecule has 2 aromatic rings. The number of nitrogens with zero attached hydrogens (tertiary/aromatic N) is 1. The molecule has 116 valence electrons. The Kier molecular flexibility index (Phi) is 5.22. The molecule has 0 saturated carbocycles. The van der Waals surface area contributed by atoms with Crippen molar-refractivity contribution in [2.45, 2.75) is 25.0 Å². The van der Waals surface area contributed by atoms with Crippen molar-refractivity contribution in [3.8, 4) is 0 Å². The van der Waals surface area contributed by atoms with Crippen molar-refractivity contribution in [3.05, 3.63) is 71.8 Å². The summed E-state index contributed by atoms with van der Waals surface area (Å²) in [4.78, 5) is 2.40. The highest BCUT2D eigenvalue weighted by Crippen LogP contribution is 2.15. The highest BCUT2D eigenvalue weighted by atomic mass is 16.3. The Labute approximate surface area is 132 Å². The van der Waals surface area contributed by atoms with Gasteiger partial charge in [0.25, 0.3) is 0 Å². The van der Waals surface area contributed by atoms with E-state index >= 15 is 0 Å². The van der Waals surface area contributed by atoms with Gasteiger partial charge in [-0.2, -0.15) is 0 Å². The van der Waals surface area contributed by atoms with E-state index in [4.69, 9.17) is 0 Å². The summed E-state index contributed by atoms with van der Waals surface area (Å²) in [5.41, 5.74) is 2.67. The van der Waals surface area contributed by atoms with Crippen LogP contribution in [-0.2, 0) is 13.0 Å². The van der Waals surface area contributed by atoms with E-state index in [2.05, 4.69) is 64.8 Å². The molecule has 0 amide bonds. The van der Waals surface area contributed by atoms with Gasteiger partial charge in [-0.3, -0.25) is 4.90 Å². The number of benzene rings is 2. The maximum Gasteiger partial charge on any atom is 0.0599 e. The highest BCUT2D eigenvalue weighted by Gasteiger charge is 2.27. The van der Waals surface area contributed by atoms with Crippen LogP contribution in [0.4, 0.5) is 0 Å². The molecule has 3 nitrogen and oxygen atoms in total. The highest BCUT2D eigenvalue weighted by molar-refractivity contribution is 5.17. The van der Waals surface area contributed by atoms with Crippen molar-refractivity contribution in [3.63, 3.8) is 0 Å². The third-order valence-corrected chi connectivity index (χ3v) is 4.38. The van der Waals surface area contributed by atoms with Gasteiger partial charge in [0.2, 0.25) is 0 Å². The molecule has 0 aromatic heterocycles. The van der Waals surface area contributed by atoms with Crippen LogP contribution < -0.4 is 5.32 Å². The quantitative estimate of drug-likeness (QED) is 0.886. The molecule has 1 heterocycles. The van der Waals surface area contributed by atoms with Crippen molar-refractivity contribution < 1.29 is 5.11 Å². The molecule has 22 heavy (non-hydrogen) atoms. The maximum absolute atomic E-state index is 9.63. The number of nitrogens with one attached hydrogen (secondary N) is 1. The van der Waals surface area contributed by atoms with Gasteiger partial charge in [-0.15, -0.1) is 0 Å². The molecule has 2 unspecified atom stereocenters. The molecule has 2 atom stereocenters. The number of aliphatic hydroxyl groups is 1. The van der Waals surface area contributed by atoms with E-state index in [9.17, 15) is 5.11 Å². The lowest BCUT2D eigenvalue weighted by molar-refractivity contribution is 0.0745. The maximum atomic E-state index is 9.63. The number of rotatable bonds is 5. The van der Waals surface area contributed by atoms with Gasteiger partial charge in [0.1, 0.15) is 0 Å². The van der Waals surface area contributed by atoms with Crippen LogP contribution in [0.5, 0.6) is 0 Å². The zero-order valence-electron chi connectivity index (χ0n) is 12.9. The first-order valence-corrected chi connectivity index (χ1v) is 8.01. The second kappa shape index (κ2) is 7.54. The van der Waals surface area contributed by atoms with E-state index in [1.165, 1.54) is 11.1 Å². The van der Waals surface area contributed by atoms with Gasteiger partial charge in [0.15, 0.2) is 0 Å². The van der Waals surface area contributed by atoms with E-state index in [1.54, 1.807) is 0 Å². The van der Waals surface area contributed by atoms with Crippen LogP contribution in [0.25, 0.3) is 0 Å². The van der Waals surface area contributed by atoms with Gasteiger partial charge in [-0.1, -0.05) is 60.7 Å². The average molecular weight is 296 g/mol. The summed E-state index contributed by atoms with van der Waals surface area (Å²) in [5.74, 6) is 0. The third kappa shape index (κ3) is 3.95. The first-order valence-electron chi connectivity index (χ1n) is 8.01. The first-order chi connectivity index (χ1) is 10.8. The van der Waals surface area contributed by atoms with Crippen LogP contribution in [0.2, 0.25) is 0 Å². The van der Waals surface area contributed by atoms with Gasteiger partial charge in [0, 0.05) is 31.7 Å². The van der Waals surface area contributed by atoms with Gasteiger partial charge in [-0.25, -0.2) is 0 Å². The molecule has 0 spiro atoms. The van der Waals surface area contributed by atoms with E-state index < -0.39 is 0 Å². The molecule has 1 fully saturated rings. The minimum Gasteiger partial charge on any atom is -0.395 e. The summed E-state index contributed by atoms with van der Waals surface area (Å²) < 4.78 is 0. The summed E-state index contributed by atoms with van der Waals surface area (Å²) in [7, 11) is 0. The zero-order chi connectivity index (χ0) is 15.2. The van der Waals surface area contributed by atoms with Crippen molar-refractivity contribution in [2.75, 3.05) is 19.7 Å². The van der Waals surface area contributed by atoms with Crippen molar-refractivity contribution in [1.29, 1.82) is 0 Å². The second-order valence-electron chi connectivity index (χ2n) is 6.05. The number of hydrogen-bond donors (Lipinski definition) is 2. The van der Waals surface area contributed by atoms with Crippen LogP contribution in [0.15, 0.2) is 60.7 Å². The smallest absolute Gasteiger partial charge is 0.0599 e. The lowest BCUT2D eigenvalue weighted by atomic mass is 10.0. The molecule has 0 radical (unpaired) electrons. The van der Waals surface area contributed by atoms with Crippen LogP contribution in [0.1, 0.15) is 11.1 Å². The molecule has 2 aromatic carbocycles. The lowest BCUT2D eigenvalue weighted by Crippen LogP contribution is -2.57. The van der Waals surface area contributed by atoms with Crippen LogP contribution in [0, 0.1) is 0 Å². The Balaban J connectivity index is 1.64. The predicted molar refractivity (Wildman–Crippen MR) is 89.7 cm³/mol. The SMILES string of the molecule is OCC1CNC(Cc2ccccc2)CN1Cc1ccccc1. The molecule has 3 heteroatoms. The van der Waals surface area contributed by atoms with E-state index in [0.717, 1.165) is 26.1 Å². The van der Waals surface area contributed by atoms with E-state index in [1.807, 2.05) is 6.07 Å². The lowest BCUT2D eigenvalue weighted by Gasteiger charge is -2.39. The summed E-state index contributed by atoms with van der Waals surface area (Å²) in [6.07, 6.45) is 1.03. The minimum absolute atomic E-state index is 0.201. The fraction of sp³-hybridized carbons (Fsp3) is 0.368. The molecule has 0 bridgehead atoms.